The molecule has 0 radical (unpaired) electrons. The number of benzene rings is 2. The molecular weight excluding hydrogens is 402 g/mol. The monoisotopic (exact) mass is 423 g/mol. The molecule has 0 atom stereocenters. The highest BCUT2D eigenvalue weighted by Gasteiger charge is 2.13. The summed E-state index contributed by atoms with van der Waals surface area (Å²) in [5, 5.41) is 4.90. The lowest BCUT2D eigenvalue weighted by Gasteiger charge is -2.11. The van der Waals surface area contributed by atoms with Crippen LogP contribution in [0.4, 0.5) is 0 Å². The molecule has 0 N–H and O–H groups in total. The van der Waals surface area contributed by atoms with E-state index in [1.165, 1.54) is 11.0 Å². The fourth-order valence-corrected chi connectivity index (χ4v) is 3.04. The van der Waals surface area contributed by atoms with Crippen LogP contribution in [0.1, 0.15) is 21.6 Å². The molecule has 6 nitrogen and oxygen atoms in total. The fourth-order valence-electron chi connectivity index (χ4n) is 2.71. The zero-order chi connectivity index (χ0) is 21.7. The Morgan fingerprint density at radius 2 is 1.87 bits per heavy atom. The van der Waals surface area contributed by atoms with Crippen molar-refractivity contribution in [3.05, 3.63) is 82.6 Å². The van der Waals surface area contributed by atoms with Gasteiger partial charge in [0, 0.05) is 25.2 Å². The summed E-state index contributed by atoms with van der Waals surface area (Å²) in [5.41, 5.74) is 2.68. The van der Waals surface area contributed by atoms with Gasteiger partial charge in [0.25, 0.3) is 5.91 Å². The number of para-hydroxylation sites is 1. The Kier molecular flexibility index (Phi) is 6.69. The van der Waals surface area contributed by atoms with Crippen LogP contribution in [0.15, 0.2) is 60.7 Å². The number of ether oxygens (including phenoxy) is 1. The van der Waals surface area contributed by atoms with Gasteiger partial charge in [-0.1, -0.05) is 41.9 Å². The van der Waals surface area contributed by atoms with Crippen LogP contribution in [0.3, 0.4) is 0 Å². The van der Waals surface area contributed by atoms with Gasteiger partial charge in [0.2, 0.25) is 0 Å². The largest absolute Gasteiger partial charge is 0.484 e. The van der Waals surface area contributed by atoms with Gasteiger partial charge in [0.1, 0.15) is 10.9 Å². The number of amides is 1. The molecule has 2 aromatic carbocycles. The maximum absolute atomic E-state index is 12.6. The van der Waals surface area contributed by atoms with Crippen molar-refractivity contribution in [1.82, 2.24) is 14.7 Å². The first-order valence-electron chi connectivity index (χ1n) is 9.33. The average molecular weight is 424 g/mol. The second-order valence-electron chi connectivity index (χ2n) is 6.84. The molecule has 1 aromatic heterocycles. The lowest BCUT2D eigenvalue weighted by molar-refractivity contribution is -0.130. The number of hydrogen-bond donors (Lipinski definition) is 0. The summed E-state index contributed by atoms with van der Waals surface area (Å²) in [5.74, 6) is 0.0880. The number of allylic oxidation sites excluding steroid dienone is 1. The van der Waals surface area contributed by atoms with Gasteiger partial charge < -0.3 is 9.64 Å². The van der Waals surface area contributed by atoms with Gasteiger partial charge in [0.15, 0.2) is 12.4 Å². The molecule has 1 amide bonds. The van der Waals surface area contributed by atoms with Crippen LogP contribution < -0.4 is 4.74 Å². The second-order valence-corrected chi connectivity index (χ2v) is 7.20. The third kappa shape index (κ3) is 4.96. The fraction of sp³-hybridized carbons (Fsp3) is 0.174. The van der Waals surface area contributed by atoms with Gasteiger partial charge in [0.05, 0.1) is 11.4 Å². The highest BCUT2D eigenvalue weighted by Crippen LogP contribution is 2.25. The Bertz CT molecular complexity index is 1090. The number of carbonyl (C=O) groups is 2. The van der Waals surface area contributed by atoms with Crippen LogP contribution >= 0.6 is 11.6 Å². The van der Waals surface area contributed by atoms with Gasteiger partial charge in [-0.05, 0) is 43.3 Å². The molecule has 0 bridgehead atoms. The molecule has 0 saturated heterocycles. The number of likely N-dealkylation sites (N-methyl/N-ethyl adjacent to an activating group) is 1. The minimum Gasteiger partial charge on any atom is -0.484 e. The van der Waals surface area contributed by atoms with Crippen molar-refractivity contribution in [1.29, 1.82) is 0 Å². The summed E-state index contributed by atoms with van der Waals surface area (Å²) in [7, 11) is 3.31. The van der Waals surface area contributed by atoms with Crippen LogP contribution in [0.5, 0.6) is 5.75 Å². The van der Waals surface area contributed by atoms with Crippen LogP contribution in [0.2, 0.25) is 5.15 Å². The smallest absolute Gasteiger partial charge is 0.259 e. The van der Waals surface area contributed by atoms with Crippen LogP contribution in [-0.4, -0.2) is 47.1 Å². The number of ketones is 1. The molecule has 0 aliphatic rings. The van der Waals surface area contributed by atoms with Crippen molar-refractivity contribution >= 4 is 29.4 Å². The molecule has 0 aliphatic carbocycles. The SMILES string of the molecule is Cc1nn(-c2ccccc2)c(Cl)c1C=CC(=O)c1cccc(OCC(=O)N(C)C)c1. The molecule has 0 aliphatic heterocycles. The summed E-state index contributed by atoms with van der Waals surface area (Å²) in [4.78, 5) is 25.7. The molecule has 7 heteroatoms. The zero-order valence-corrected chi connectivity index (χ0v) is 17.8. The number of aryl methyl sites for hydroxylation is 1. The summed E-state index contributed by atoms with van der Waals surface area (Å²) in [6.07, 6.45) is 3.12. The Balaban J connectivity index is 1.76. The molecular formula is C23H22ClN3O3. The first-order chi connectivity index (χ1) is 14.4. The molecule has 0 unspecified atom stereocenters. The van der Waals surface area contributed by atoms with E-state index in [0.29, 0.717) is 27.7 Å². The van der Waals surface area contributed by atoms with Crippen molar-refractivity contribution < 1.29 is 14.3 Å². The summed E-state index contributed by atoms with van der Waals surface area (Å²) in [6, 6.07) is 16.3. The Labute approximate surface area is 180 Å². The van der Waals surface area contributed by atoms with E-state index in [-0.39, 0.29) is 18.3 Å². The van der Waals surface area contributed by atoms with Gasteiger partial charge in [-0.3, -0.25) is 9.59 Å². The molecule has 1 heterocycles. The van der Waals surface area contributed by atoms with Crippen LogP contribution in [-0.2, 0) is 4.79 Å². The Morgan fingerprint density at radius 3 is 2.57 bits per heavy atom. The summed E-state index contributed by atoms with van der Waals surface area (Å²) < 4.78 is 7.11. The lowest BCUT2D eigenvalue weighted by Crippen LogP contribution is -2.27. The van der Waals surface area contributed by atoms with Gasteiger partial charge in [-0.25, -0.2) is 4.68 Å². The van der Waals surface area contributed by atoms with Crippen molar-refractivity contribution in [2.75, 3.05) is 20.7 Å². The molecule has 3 rings (SSSR count). The van der Waals surface area contributed by atoms with E-state index in [2.05, 4.69) is 5.10 Å². The van der Waals surface area contributed by atoms with E-state index >= 15 is 0 Å². The number of halogens is 1. The number of nitrogens with zero attached hydrogens (tertiary/aromatic N) is 3. The van der Waals surface area contributed by atoms with E-state index < -0.39 is 0 Å². The predicted molar refractivity (Wildman–Crippen MR) is 117 cm³/mol. The van der Waals surface area contributed by atoms with E-state index in [9.17, 15) is 9.59 Å². The number of rotatable bonds is 7. The van der Waals surface area contributed by atoms with Crippen LogP contribution in [0.25, 0.3) is 11.8 Å². The maximum atomic E-state index is 12.6. The molecule has 0 saturated carbocycles. The number of aromatic nitrogens is 2. The van der Waals surface area contributed by atoms with Gasteiger partial charge >= 0.3 is 0 Å². The molecule has 3 aromatic rings. The van der Waals surface area contributed by atoms with Gasteiger partial charge in [-0.2, -0.15) is 5.10 Å². The first-order valence-corrected chi connectivity index (χ1v) is 9.70. The van der Waals surface area contributed by atoms with E-state index in [4.69, 9.17) is 16.3 Å². The molecule has 0 spiro atoms. The highest BCUT2D eigenvalue weighted by molar-refractivity contribution is 6.31. The Hall–Kier alpha value is -3.38. The molecule has 30 heavy (non-hydrogen) atoms. The van der Waals surface area contributed by atoms with E-state index in [1.54, 1.807) is 49.1 Å². The highest BCUT2D eigenvalue weighted by atomic mass is 35.5. The number of hydrogen-bond acceptors (Lipinski definition) is 4. The van der Waals surface area contributed by atoms with Crippen molar-refractivity contribution in [2.24, 2.45) is 0 Å². The minimum atomic E-state index is -0.206. The van der Waals surface area contributed by atoms with Crippen molar-refractivity contribution in [2.45, 2.75) is 6.92 Å². The normalized spacial score (nSPS) is 10.9. The summed E-state index contributed by atoms with van der Waals surface area (Å²) in [6.45, 7) is 1.75. The minimum absolute atomic E-state index is 0.0893. The second kappa shape index (κ2) is 9.41. The lowest BCUT2D eigenvalue weighted by atomic mass is 10.1. The predicted octanol–water partition coefficient (Wildman–Crippen LogP) is 4.20. The average Bonchev–Trinajstić information content (AvgIpc) is 3.04. The standard InChI is InChI=1S/C23H22ClN3O3/c1-16-20(23(24)27(25-16)18-9-5-4-6-10-18)12-13-21(28)17-8-7-11-19(14-17)30-15-22(29)26(2)3/h4-14H,15H2,1-3H3. The van der Waals surface area contributed by atoms with Crippen molar-refractivity contribution in [3.8, 4) is 11.4 Å². The third-order valence-electron chi connectivity index (χ3n) is 4.43. The first kappa shape index (κ1) is 21.3. The van der Waals surface area contributed by atoms with E-state index in [0.717, 1.165) is 5.69 Å². The topological polar surface area (TPSA) is 64.4 Å². The van der Waals surface area contributed by atoms with Crippen molar-refractivity contribution in [3.63, 3.8) is 0 Å². The van der Waals surface area contributed by atoms with Gasteiger partial charge in [-0.15, -0.1) is 0 Å². The summed E-state index contributed by atoms with van der Waals surface area (Å²) >= 11 is 6.50. The zero-order valence-electron chi connectivity index (χ0n) is 17.0. The van der Waals surface area contributed by atoms with Crippen LogP contribution in [0, 0.1) is 6.92 Å². The van der Waals surface area contributed by atoms with E-state index in [1.807, 2.05) is 37.3 Å². The molecule has 0 fully saturated rings. The maximum Gasteiger partial charge on any atom is 0.259 e. The molecule has 154 valence electrons. The quantitative estimate of drug-likeness (QED) is 0.422. The third-order valence-corrected chi connectivity index (χ3v) is 4.79. The Morgan fingerprint density at radius 1 is 1.13 bits per heavy atom. The number of carbonyl (C=O) groups excluding carboxylic acids is 2.